The van der Waals surface area contributed by atoms with E-state index < -0.39 is 11.8 Å². The number of thiocarbonyl (C=S) groups is 1. The van der Waals surface area contributed by atoms with Crippen molar-refractivity contribution in [2.24, 2.45) is 0 Å². The molecule has 0 aliphatic heterocycles. The van der Waals surface area contributed by atoms with Gasteiger partial charge in [-0.3, -0.25) is 25.8 Å². The van der Waals surface area contributed by atoms with E-state index in [-0.39, 0.29) is 11.7 Å². The molecule has 0 saturated heterocycles. The summed E-state index contributed by atoms with van der Waals surface area (Å²) in [6, 6.07) is 11.9. The fourth-order valence-electron chi connectivity index (χ4n) is 2.17. The highest BCUT2D eigenvalue weighted by Crippen LogP contribution is 2.21. The number of methoxy groups -OCH3 is 1. The Kier molecular flexibility index (Phi) is 9.52. The number of rotatable bonds is 8. The number of halogens is 1. The van der Waals surface area contributed by atoms with E-state index in [0.717, 1.165) is 10.0 Å². The number of amides is 2. The van der Waals surface area contributed by atoms with Crippen molar-refractivity contribution >= 4 is 45.1 Å². The molecule has 2 aromatic carbocycles. The molecule has 0 aromatic heterocycles. The van der Waals surface area contributed by atoms with E-state index in [2.05, 4.69) is 32.1 Å². The fraction of sp³-hybridized carbons (Fsp3) is 0.250. The smallest absolute Gasteiger partial charge is 0.276 e. The van der Waals surface area contributed by atoms with Gasteiger partial charge in [0.2, 0.25) is 0 Å². The van der Waals surface area contributed by atoms with Crippen molar-refractivity contribution in [1.29, 1.82) is 0 Å². The van der Waals surface area contributed by atoms with Crippen LogP contribution in [0.15, 0.2) is 46.9 Å². The van der Waals surface area contributed by atoms with Crippen LogP contribution in [0.1, 0.15) is 15.9 Å². The van der Waals surface area contributed by atoms with Crippen LogP contribution in [0.5, 0.6) is 11.5 Å². The second-order valence-electron chi connectivity index (χ2n) is 6.02. The van der Waals surface area contributed by atoms with Crippen molar-refractivity contribution in [3.63, 3.8) is 0 Å². The zero-order valence-electron chi connectivity index (χ0n) is 16.5. The van der Waals surface area contributed by atoms with E-state index in [1.807, 2.05) is 19.1 Å². The number of hydrogen-bond acceptors (Lipinski definition) is 6. The first-order chi connectivity index (χ1) is 14.4. The van der Waals surface area contributed by atoms with Crippen LogP contribution in [0.4, 0.5) is 0 Å². The SMILES string of the molecule is COCCOc1ccc(C(=O)NC(=S)NNC(=O)COc2ccc(Br)c(C)c2)cc1. The first-order valence-corrected chi connectivity index (χ1v) is 10.1. The molecule has 0 spiro atoms. The number of benzene rings is 2. The summed E-state index contributed by atoms with van der Waals surface area (Å²) in [5.74, 6) is 0.311. The molecule has 160 valence electrons. The number of hydrazine groups is 1. The Morgan fingerprint density at radius 3 is 2.37 bits per heavy atom. The summed E-state index contributed by atoms with van der Waals surface area (Å²) in [7, 11) is 1.59. The molecule has 0 aliphatic carbocycles. The van der Waals surface area contributed by atoms with Gasteiger partial charge >= 0.3 is 0 Å². The second-order valence-corrected chi connectivity index (χ2v) is 7.28. The molecular formula is C20H22BrN3O5S. The molecule has 2 amide bonds. The maximum absolute atomic E-state index is 12.2. The lowest BCUT2D eigenvalue weighted by Gasteiger charge is -2.12. The fourth-order valence-corrected chi connectivity index (χ4v) is 2.56. The van der Waals surface area contributed by atoms with Gasteiger partial charge in [0, 0.05) is 17.1 Å². The van der Waals surface area contributed by atoms with E-state index in [1.165, 1.54) is 0 Å². The molecule has 8 nitrogen and oxygen atoms in total. The minimum absolute atomic E-state index is 0.0479. The van der Waals surface area contributed by atoms with Crippen molar-refractivity contribution in [2.75, 3.05) is 26.9 Å². The molecule has 0 atom stereocenters. The molecule has 2 rings (SSSR count). The van der Waals surface area contributed by atoms with Crippen LogP contribution >= 0.6 is 28.1 Å². The first kappa shape index (κ1) is 23.6. The standard InChI is InChI=1S/C20H22BrN3O5S/c1-13-11-16(7-8-17(13)21)29-12-18(25)23-24-20(30)22-19(26)14-3-5-15(6-4-14)28-10-9-27-2/h3-8,11H,9-10,12H2,1-2H3,(H,23,25)(H2,22,24,26,30). The summed E-state index contributed by atoms with van der Waals surface area (Å²) in [5, 5.41) is 2.42. The Morgan fingerprint density at radius 1 is 1.00 bits per heavy atom. The zero-order valence-corrected chi connectivity index (χ0v) is 18.9. The summed E-state index contributed by atoms with van der Waals surface area (Å²) in [6.07, 6.45) is 0. The van der Waals surface area contributed by atoms with E-state index in [1.54, 1.807) is 37.4 Å². The van der Waals surface area contributed by atoms with Crippen LogP contribution in [-0.4, -0.2) is 43.9 Å². The van der Waals surface area contributed by atoms with Crippen LogP contribution in [-0.2, 0) is 9.53 Å². The summed E-state index contributed by atoms with van der Waals surface area (Å²) in [5.41, 5.74) is 6.20. The van der Waals surface area contributed by atoms with Gasteiger partial charge in [-0.05, 0) is 67.2 Å². The number of aryl methyl sites for hydroxylation is 1. The molecule has 30 heavy (non-hydrogen) atoms. The molecule has 0 heterocycles. The molecule has 3 N–H and O–H groups in total. The normalized spacial score (nSPS) is 10.1. The Morgan fingerprint density at radius 2 is 1.70 bits per heavy atom. The van der Waals surface area contributed by atoms with Crippen molar-refractivity contribution in [2.45, 2.75) is 6.92 Å². The highest BCUT2D eigenvalue weighted by molar-refractivity contribution is 9.10. The third kappa shape index (κ3) is 7.97. The molecular weight excluding hydrogens is 474 g/mol. The van der Waals surface area contributed by atoms with Crippen LogP contribution in [0.25, 0.3) is 0 Å². The topological polar surface area (TPSA) is 97.9 Å². The monoisotopic (exact) mass is 495 g/mol. The number of ether oxygens (including phenoxy) is 3. The van der Waals surface area contributed by atoms with Crippen LogP contribution < -0.4 is 25.6 Å². The quantitative estimate of drug-likeness (QED) is 0.294. The maximum atomic E-state index is 12.2. The highest BCUT2D eigenvalue weighted by atomic mass is 79.9. The lowest BCUT2D eigenvalue weighted by molar-refractivity contribution is -0.123. The van der Waals surface area contributed by atoms with Gasteiger partial charge < -0.3 is 14.2 Å². The zero-order chi connectivity index (χ0) is 21.9. The minimum Gasteiger partial charge on any atom is -0.491 e. The van der Waals surface area contributed by atoms with E-state index in [4.69, 9.17) is 26.4 Å². The molecule has 0 bridgehead atoms. The minimum atomic E-state index is -0.454. The second kappa shape index (κ2) is 12.1. The van der Waals surface area contributed by atoms with Gasteiger partial charge in [-0.15, -0.1) is 0 Å². The van der Waals surface area contributed by atoms with Gasteiger partial charge in [0.25, 0.3) is 11.8 Å². The predicted molar refractivity (Wildman–Crippen MR) is 120 cm³/mol. The lowest BCUT2D eigenvalue weighted by atomic mass is 10.2. The molecule has 10 heteroatoms. The lowest BCUT2D eigenvalue weighted by Crippen LogP contribution is -2.49. The first-order valence-electron chi connectivity index (χ1n) is 8.90. The van der Waals surface area contributed by atoms with Crippen molar-refractivity contribution in [1.82, 2.24) is 16.2 Å². The number of carbonyl (C=O) groups is 2. The van der Waals surface area contributed by atoms with Gasteiger partial charge in [-0.2, -0.15) is 0 Å². The van der Waals surface area contributed by atoms with Gasteiger partial charge in [-0.1, -0.05) is 15.9 Å². The van der Waals surface area contributed by atoms with E-state index in [0.29, 0.717) is 30.3 Å². The molecule has 0 saturated carbocycles. The summed E-state index contributed by atoms with van der Waals surface area (Å²) >= 11 is 8.41. The maximum Gasteiger partial charge on any atom is 0.276 e. The van der Waals surface area contributed by atoms with Gasteiger partial charge in [0.15, 0.2) is 11.7 Å². The number of carbonyl (C=O) groups excluding carboxylic acids is 2. The third-order valence-electron chi connectivity index (χ3n) is 3.71. The average Bonchev–Trinajstić information content (AvgIpc) is 2.73. The van der Waals surface area contributed by atoms with Crippen molar-refractivity contribution in [3.05, 3.63) is 58.1 Å². The van der Waals surface area contributed by atoms with E-state index in [9.17, 15) is 9.59 Å². The summed E-state index contributed by atoms with van der Waals surface area (Å²) in [6.45, 7) is 2.60. The Bertz CT molecular complexity index is 893. The predicted octanol–water partition coefficient (Wildman–Crippen LogP) is 2.50. The Hall–Kier alpha value is -2.69. The van der Waals surface area contributed by atoms with Crippen LogP contribution in [0.3, 0.4) is 0 Å². The van der Waals surface area contributed by atoms with Gasteiger partial charge in [0.1, 0.15) is 18.1 Å². The van der Waals surface area contributed by atoms with Crippen LogP contribution in [0.2, 0.25) is 0 Å². The largest absolute Gasteiger partial charge is 0.491 e. The van der Waals surface area contributed by atoms with Gasteiger partial charge in [0.05, 0.1) is 6.61 Å². The Balaban J connectivity index is 1.72. The summed E-state index contributed by atoms with van der Waals surface area (Å²) < 4.78 is 16.7. The van der Waals surface area contributed by atoms with Crippen molar-refractivity contribution < 1.29 is 23.8 Å². The number of nitrogens with one attached hydrogen (secondary N) is 3. The molecule has 0 radical (unpaired) electrons. The third-order valence-corrected chi connectivity index (χ3v) is 4.81. The average molecular weight is 496 g/mol. The van der Waals surface area contributed by atoms with Crippen molar-refractivity contribution in [3.8, 4) is 11.5 Å². The van der Waals surface area contributed by atoms with Gasteiger partial charge in [-0.25, -0.2) is 0 Å². The Labute approximate surface area is 188 Å². The molecule has 2 aromatic rings. The molecule has 0 fully saturated rings. The highest BCUT2D eigenvalue weighted by Gasteiger charge is 2.09. The van der Waals surface area contributed by atoms with Crippen LogP contribution in [0, 0.1) is 6.92 Å². The molecule has 0 unspecified atom stereocenters. The summed E-state index contributed by atoms with van der Waals surface area (Å²) in [4.78, 5) is 24.1. The molecule has 0 aliphatic rings. The number of hydrogen-bond donors (Lipinski definition) is 3. The van der Waals surface area contributed by atoms with E-state index >= 15 is 0 Å².